The molecule has 0 saturated heterocycles. The normalized spacial score (nSPS) is 11.5. The van der Waals surface area contributed by atoms with Gasteiger partial charge in [0.05, 0.1) is 5.69 Å². The lowest BCUT2D eigenvalue weighted by molar-refractivity contribution is -0.139. The molecule has 0 radical (unpaired) electrons. The van der Waals surface area contributed by atoms with E-state index in [2.05, 4.69) is 26.6 Å². The summed E-state index contributed by atoms with van der Waals surface area (Å²) < 4.78 is 0.589. The minimum absolute atomic E-state index is 0.0885. The third-order valence-electron chi connectivity index (χ3n) is 2.46. The van der Waals surface area contributed by atoms with Crippen LogP contribution in [0.2, 0.25) is 5.02 Å². The fraction of sp³-hybridized carbons (Fsp3) is 0.250. The topological polar surface area (TPSA) is 122 Å². The van der Waals surface area contributed by atoms with Gasteiger partial charge < -0.3 is 21.5 Å². The van der Waals surface area contributed by atoms with Crippen molar-refractivity contribution in [3.8, 4) is 0 Å². The Labute approximate surface area is 134 Å². The van der Waals surface area contributed by atoms with Crippen LogP contribution in [0.3, 0.4) is 0 Å². The number of halogens is 2. The van der Waals surface area contributed by atoms with Gasteiger partial charge in [-0.2, -0.15) is 0 Å². The molecule has 0 heterocycles. The van der Waals surface area contributed by atoms with Crippen molar-refractivity contribution in [2.24, 2.45) is 5.73 Å². The molecule has 0 bridgehead atoms. The molecule has 1 atom stereocenters. The number of carboxylic acids is 1. The average molecular weight is 379 g/mol. The predicted molar refractivity (Wildman–Crippen MR) is 81.2 cm³/mol. The molecule has 0 saturated carbocycles. The second kappa shape index (κ2) is 7.84. The van der Waals surface area contributed by atoms with Crippen LogP contribution in [0.4, 0.5) is 10.5 Å². The van der Waals surface area contributed by atoms with Crippen molar-refractivity contribution in [3.63, 3.8) is 0 Å². The quantitative estimate of drug-likeness (QED) is 0.604. The number of rotatable bonds is 6. The van der Waals surface area contributed by atoms with Gasteiger partial charge >= 0.3 is 12.0 Å². The smallest absolute Gasteiger partial charge is 0.326 e. The van der Waals surface area contributed by atoms with Gasteiger partial charge in [0, 0.05) is 15.9 Å². The molecule has 5 N–H and O–H groups in total. The number of urea groups is 1. The van der Waals surface area contributed by atoms with Crippen LogP contribution >= 0.6 is 27.5 Å². The number of carbonyl (C=O) groups excluding carboxylic acids is 2. The number of benzene rings is 1. The number of primary amides is 1. The molecule has 9 heteroatoms. The van der Waals surface area contributed by atoms with Crippen LogP contribution in [0.15, 0.2) is 22.7 Å². The number of hydrogen-bond donors (Lipinski definition) is 4. The molecular weight excluding hydrogens is 366 g/mol. The van der Waals surface area contributed by atoms with Gasteiger partial charge in [-0.25, -0.2) is 9.59 Å². The van der Waals surface area contributed by atoms with Crippen molar-refractivity contribution in [2.45, 2.75) is 18.9 Å². The minimum Gasteiger partial charge on any atom is -0.480 e. The van der Waals surface area contributed by atoms with E-state index in [9.17, 15) is 14.4 Å². The Morgan fingerprint density at radius 2 is 2.05 bits per heavy atom. The molecule has 7 nitrogen and oxygen atoms in total. The highest BCUT2D eigenvalue weighted by Crippen LogP contribution is 2.25. The summed E-state index contributed by atoms with van der Waals surface area (Å²) in [6.45, 7) is 0. The molecule has 1 rings (SSSR count). The maximum atomic E-state index is 11.8. The van der Waals surface area contributed by atoms with Crippen molar-refractivity contribution in [3.05, 3.63) is 27.7 Å². The third-order valence-corrected chi connectivity index (χ3v) is 3.39. The summed E-state index contributed by atoms with van der Waals surface area (Å²) in [6, 6.07) is 2.83. The highest BCUT2D eigenvalue weighted by molar-refractivity contribution is 9.10. The molecule has 0 aliphatic heterocycles. The summed E-state index contributed by atoms with van der Waals surface area (Å²) in [4.78, 5) is 33.4. The van der Waals surface area contributed by atoms with Gasteiger partial charge in [0.15, 0.2) is 0 Å². The fourth-order valence-electron chi connectivity index (χ4n) is 1.45. The second-order valence-electron chi connectivity index (χ2n) is 4.12. The molecule has 1 aromatic carbocycles. The van der Waals surface area contributed by atoms with Crippen molar-refractivity contribution in [1.82, 2.24) is 5.32 Å². The first kappa shape index (κ1) is 17.3. The highest BCUT2D eigenvalue weighted by atomic mass is 79.9. The molecule has 21 heavy (non-hydrogen) atoms. The predicted octanol–water partition coefficient (Wildman–Crippen LogP) is 1.94. The Morgan fingerprint density at radius 3 is 2.62 bits per heavy atom. The van der Waals surface area contributed by atoms with E-state index in [1.807, 2.05) is 0 Å². The standard InChI is InChI=1S/C12H13BrClN3O4/c13-7-2-1-6(14)5-9(7)17-12(21)16-8(11(19)20)3-4-10(15)18/h1-2,5,8H,3-4H2,(H2,15,18)(H,19,20)(H2,16,17,21). The lowest BCUT2D eigenvalue weighted by atomic mass is 10.1. The van der Waals surface area contributed by atoms with Crippen molar-refractivity contribution in [1.29, 1.82) is 0 Å². The maximum Gasteiger partial charge on any atom is 0.326 e. The lowest BCUT2D eigenvalue weighted by Gasteiger charge is -2.15. The van der Waals surface area contributed by atoms with Gasteiger partial charge in [-0.15, -0.1) is 0 Å². The molecular formula is C12H13BrClN3O4. The SMILES string of the molecule is NC(=O)CCC(NC(=O)Nc1cc(Cl)ccc1Br)C(=O)O. The van der Waals surface area contributed by atoms with Crippen molar-refractivity contribution >= 4 is 51.1 Å². The van der Waals surface area contributed by atoms with Crippen molar-refractivity contribution < 1.29 is 19.5 Å². The molecule has 114 valence electrons. The van der Waals surface area contributed by atoms with E-state index in [0.717, 1.165) is 0 Å². The van der Waals surface area contributed by atoms with Crippen molar-refractivity contribution in [2.75, 3.05) is 5.32 Å². The van der Waals surface area contributed by atoms with Crippen LogP contribution in [0.1, 0.15) is 12.8 Å². The van der Waals surface area contributed by atoms with Gasteiger partial charge in [0.1, 0.15) is 6.04 Å². The number of carbonyl (C=O) groups is 3. The van der Waals surface area contributed by atoms with Crippen LogP contribution in [0.5, 0.6) is 0 Å². The zero-order chi connectivity index (χ0) is 16.0. The van der Waals surface area contributed by atoms with Crippen LogP contribution in [-0.2, 0) is 9.59 Å². The molecule has 3 amide bonds. The molecule has 0 aliphatic carbocycles. The van der Waals surface area contributed by atoms with Gasteiger partial charge in [-0.3, -0.25) is 4.79 Å². The number of nitrogens with one attached hydrogen (secondary N) is 2. The zero-order valence-electron chi connectivity index (χ0n) is 10.7. The summed E-state index contributed by atoms with van der Waals surface area (Å²) in [5.41, 5.74) is 5.34. The summed E-state index contributed by atoms with van der Waals surface area (Å²) in [6.07, 6.45) is -0.229. The number of nitrogens with two attached hydrogens (primary N) is 1. The fourth-order valence-corrected chi connectivity index (χ4v) is 1.97. The molecule has 1 unspecified atom stereocenters. The van der Waals surface area contributed by atoms with E-state index in [1.54, 1.807) is 12.1 Å². The summed E-state index contributed by atoms with van der Waals surface area (Å²) in [5.74, 6) is -1.89. The minimum atomic E-state index is -1.25. The Kier molecular flexibility index (Phi) is 6.44. The number of anilines is 1. The Balaban J connectivity index is 2.67. The van der Waals surface area contributed by atoms with Gasteiger partial charge in [-0.05, 0) is 40.5 Å². The summed E-state index contributed by atoms with van der Waals surface area (Å²) >= 11 is 9.03. The number of aliphatic carboxylic acids is 1. The molecule has 0 aliphatic rings. The molecule has 0 spiro atoms. The summed E-state index contributed by atoms with van der Waals surface area (Å²) in [7, 11) is 0. The van der Waals surface area contributed by atoms with E-state index in [1.165, 1.54) is 6.07 Å². The van der Waals surface area contributed by atoms with Gasteiger partial charge in [0.25, 0.3) is 0 Å². The first-order chi connectivity index (χ1) is 9.79. The largest absolute Gasteiger partial charge is 0.480 e. The van der Waals surface area contributed by atoms with Crippen LogP contribution < -0.4 is 16.4 Å². The van der Waals surface area contributed by atoms with Crippen LogP contribution in [-0.4, -0.2) is 29.1 Å². The number of amides is 3. The monoisotopic (exact) mass is 377 g/mol. The van der Waals surface area contributed by atoms with E-state index >= 15 is 0 Å². The highest BCUT2D eigenvalue weighted by Gasteiger charge is 2.20. The Hall–Kier alpha value is -1.80. The first-order valence-electron chi connectivity index (χ1n) is 5.83. The van der Waals surface area contributed by atoms with Gasteiger partial charge in [0.2, 0.25) is 5.91 Å². The first-order valence-corrected chi connectivity index (χ1v) is 7.00. The summed E-state index contributed by atoms with van der Waals surface area (Å²) in [5, 5.41) is 14.1. The number of hydrogen-bond acceptors (Lipinski definition) is 3. The van der Waals surface area contributed by atoms with Crippen LogP contribution in [0.25, 0.3) is 0 Å². The van der Waals surface area contributed by atoms with Gasteiger partial charge in [-0.1, -0.05) is 11.6 Å². The number of carboxylic acid groups (broad SMARTS) is 1. The molecule has 0 aromatic heterocycles. The Morgan fingerprint density at radius 1 is 1.38 bits per heavy atom. The molecule has 0 fully saturated rings. The zero-order valence-corrected chi connectivity index (χ0v) is 13.1. The van der Waals surface area contributed by atoms with E-state index < -0.39 is 23.9 Å². The third kappa shape index (κ3) is 6.01. The maximum absolute atomic E-state index is 11.8. The second-order valence-corrected chi connectivity index (χ2v) is 5.41. The Bertz CT molecular complexity index is 567. The van der Waals surface area contributed by atoms with E-state index in [4.69, 9.17) is 22.4 Å². The van der Waals surface area contributed by atoms with E-state index in [0.29, 0.717) is 15.2 Å². The van der Waals surface area contributed by atoms with Crippen LogP contribution in [0, 0.1) is 0 Å². The van der Waals surface area contributed by atoms with E-state index in [-0.39, 0.29) is 12.8 Å². The average Bonchev–Trinajstić information content (AvgIpc) is 2.38. The lowest BCUT2D eigenvalue weighted by Crippen LogP contribution is -2.43. The molecule has 1 aromatic rings.